The van der Waals surface area contributed by atoms with Gasteiger partial charge in [-0.05, 0) is 0 Å². The molecule has 242 valence electrons. The molecule has 3 aliphatic heterocycles. The summed E-state index contributed by atoms with van der Waals surface area (Å²) in [4.78, 5) is 34.7. The lowest BCUT2D eigenvalue weighted by Gasteiger charge is -2.26. The topological polar surface area (TPSA) is 269 Å². The van der Waals surface area contributed by atoms with Gasteiger partial charge in [0.15, 0.2) is 41.3 Å². The molecule has 0 spiro atoms. The number of thiol groups is 2. The number of H-pyrrole nitrogens is 1. The molecule has 0 aliphatic carbocycles. The minimum atomic E-state index is -4.42. The fourth-order valence-corrected chi connectivity index (χ4v) is 8.20. The molecule has 10 atom stereocenters. The molecule has 0 unspecified atom stereocenters. The van der Waals surface area contributed by atoms with Crippen molar-refractivity contribution in [2.75, 3.05) is 24.7 Å². The van der Waals surface area contributed by atoms with Crippen molar-refractivity contribution in [2.45, 2.75) is 49.1 Å². The number of ether oxygens (including phenoxy) is 2. The third kappa shape index (κ3) is 5.54. The van der Waals surface area contributed by atoms with Crippen molar-refractivity contribution in [1.82, 2.24) is 39.0 Å². The number of nitrogens with one attached hydrogen (secondary N) is 1. The number of aromatic amines is 1. The predicted octanol–water partition coefficient (Wildman–Crippen LogP) is 0.511. The van der Waals surface area contributed by atoms with Crippen molar-refractivity contribution in [3.63, 3.8) is 0 Å². The maximum atomic E-state index is 16.0. The summed E-state index contributed by atoms with van der Waals surface area (Å²) < 4.78 is 79.1. The number of imidazole rings is 2. The molecule has 45 heavy (non-hydrogen) atoms. The van der Waals surface area contributed by atoms with Crippen molar-refractivity contribution in [1.29, 1.82) is 0 Å². The molecule has 4 aromatic heterocycles. The first-order chi connectivity index (χ1) is 21.3. The van der Waals surface area contributed by atoms with Crippen LogP contribution < -0.4 is 17.0 Å². The molecular formula is C20H23FN10O10P2S2. The number of aromatic nitrogens is 8. The SMILES string of the molecule is Nc1nc2c(ncn2[C@@H]2O[C@@H]3CO[P@](=O)(S)O[C@@H]4[C@H](O)[C@@H](CO[P@@](=O)(S)O[C@H]3[C@H]2F)O[C@H]4n2cnc3c(N)ncnc32)c(=O)[nH]1. The van der Waals surface area contributed by atoms with E-state index in [1.54, 1.807) is 0 Å². The van der Waals surface area contributed by atoms with Gasteiger partial charge >= 0.3 is 13.6 Å². The number of hydrogen-bond acceptors (Lipinski definition) is 17. The van der Waals surface area contributed by atoms with Gasteiger partial charge in [-0.15, -0.1) is 0 Å². The zero-order valence-corrected chi connectivity index (χ0v) is 25.9. The molecule has 0 amide bonds. The number of nitrogen functional groups attached to an aromatic ring is 2. The van der Waals surface area contributed by atoms with Gasteiger partial charge in [0.25, 0.3) is 5.56 Å². The maximum Gasteiger partial charge on any atom is 0.386 e. The summed E-state index contributed by atoms with van der Waals surface area (Å²) in [7, 11) is 0. The highest BCUT2D eigenvalue weighted by molar-refractivity contribution is 8.44. The second-order valence-corrected chi connectivity index (χ2v) is 15.8. The zero-order chi connectivity index (χ0) is 31.8. The molecule has 0 saturated carbocycles. The number of anilines is 2. The van der Waals surface area contributed by atoms with Crippen LogP contribution >= 0.6 is 38.1 Å². The summed E-state index contributed by atoms with van der Waals surface area (Å²) >= 11 is 8.04. The lowest BCUT2D eigenvalue weighted by Crippen LogP contribution is -2.35. The fourth-order valence-electron chi connectivity index (χ4n) is 5.26. The summed E-state index contributed by atoms with van der Waals surface area (Å²) in [5.41, 5.74) is 11.0. The van der Waals surface area contributed by atoms with Crippen LogP contribution in [0.1, 0.15) is 12.5 Å². The Morgan fingerprint density at radius 3 is 2.27 bits per heavy atom. The summed E-state index contributed by atoms with van der Waals surface area (Å²) in [6.45, 7) is -10.1. The number of fused-ring (bicyclic) bond motifs is 5. The van der Waals surface area contributed by atoms with Gasteiger partial charge in [0.1, 0.15) is 42.4 Å². The van der Waals surface area contributed by atoms with Gasteiger partial charge in [0.05, 0.1) is 25.9 Å². The maximum absolute atomic E-state index is 16.0. The number of nitrogens with two attached hydrogens (primary N) is 2. The second kappa shape index (κ2) is 11.2. The minimum absolute atomic E-state index is 0.0680. The summed E-state index contributed by atoms with van der Waals surface area (Å²) in [6.07, 6.45) is -8.71. The molecule has 20 nitrogen and oxygen atoms in total. The number of aliphatic hydroxyl groups excluding tert-OH is 1. The third-order valence-electron chi connectivity index (χ3n) is 7.28. The van der Waals surface area contributed by atoms with Crippen molar-refractivity contribution in [2.24, 2.45) is 0 Å². The molecule has 3 aliphatic rings. The molecule has 4 aromatic rings. The number of halogens is 1. The average molecular weight is 709 g/mol. The highest BCUT2D eigenvalue weighted by Crippen LogP contribution is 2.60. The summed E-state index contributed by atoms with van der Waals surface area (Å²) in [5.74, 6) is -0.193. The van der Waals surface area contributed by atoms with E-state index in [1.807, 2.05) is 0 Å². The smallest absolute Gasteiger partial charge is 0.386 e. The van der Waals surface area contributed by atoms with E-state index in [0.29, 0.717) is 0 Å². The van der Waals surface area contributed by atoms with E-state index < -0.39 is 81.5 Å². The van der Waals surface area contributed by atoms with Crippen LogP contribution in [0.5, 0.6) is 0 Å². The largest absolute Gasteiger partial charge is 0.387 e. The van der Waals surface area contributed by atoms with Gasteiger partial charge in [-0.1, -0.05) is 24.5 Å². The van der Waals surface area contributed by atoms with E-state index >= 15 is 4.39 Å². The Morgan fingerprint density at radius 2 is 1.53 bits per heavy atom. The Bertz CT molecular complexity index is 1950. The normalized spacial score (nSPS) is 37.7. The molecule has 7 heterocycles. The van der Waals surface area contributed by atoms with Crippen molar-refractivity contribution >= 4 is 72.2 Å². The van der Waals surface area contributed by atoms with E-state index in [9.17, 15) is 19.0 Å². The van der Waals surface area contributed by atoms with Crippen molar-refractivity contribution in [3.8, 4) is 0 Å². The Labute approximate surface area is 260 Å². The Morgan fingerprint density at radius 1 is 0.911 bits per heavy atom. The Hall–Kier alpha value is -2.69. The zero-order valence-electron chi connectivity index (χ0n) is 22.3. The molecular weight excluding hydrogens is 685 g/mol. The van der Waals surface area contributed by atoms with Crippen LogP contribution in [0.25, 0.3) is 22.3 Å². The number of nitrogens with zero attached hydrogens (tertiary/aromatic N) is 7. The average Bonchev–Trinajstić information content (AvgIpc) is 3.72. The van der Waals surface area contributed by atoms with E-state index in [4.69, 9.17) is 39.0 Å². The molecule has 7 rings (SSSR count). The lowest BCUT2D eigenvalue weighted by molar-refractivity contribution is -0.0568. The third-order valence-corrected chi connectivity index (χ3v) is 10.5. The van der Waals surface area contributed by atoms with E-state index in [0.717, 1.165) is 10.9 Å². The molecule has 6 N–H and O–H groups in total. The van der Waals surface area contributed by atoms with Gasteiger partial charge in [0.2, 0.25) is 5.95 Å². The van der Waals surface area contributed by atoms with Gasteiger partial charge in [-0.2, -0.15) is 4.98 Å². The van der Waals surface area contributed by atoms with Gasteiger partial charge < -0.3 is 26.0 Å². The van der Waals surface area contributed by atoms with E-state index in [-0.39, 0.29) is 34.1 Å². The number of aliphatic hydroxyl groups is 1. The Kier molecular flexibility index (Phi) is 7.72. The molecule has 2 bridgehead atoms. The van der Waals surface area contributed by atoms with Crippen LogP contribution in [0.4, 0.5) is 16.2 Å². The van der Waals surface area contributed by atoms with Crippen molar-refractivity contribution < 1.29 is 46.2 Å². The minimum Gasteiger partial charge on any atom is -0.387 e. The van der Waals surface area contributed by atoms with E-state index in [2.05, 4.69) is 54.4 Å². The predicted molar refractivity (Wildman–Crippen MR) is 156 cm³/mol. The number of alkyl halides is 1. The molecule has 0 radical (unpaired) electrons. The van der Waals surface area contributed by atoms with Crippen LogP contribution in [0, 0.1) is 0 Å². The lowest BCUT2D eigenvalue weighted by atomic mass is 10.1. The van der Waals surface area contributed by atoms with Crippen LogP contribution in [0.15, 0.2) is 23.8 Å². The van der Waals surface area contributed by atoms with Crippen LogP contribution in [-0.2, 0) is 36.7 Å². The van der Waals surface area contributed by atoms with Crippen LogP contribution in [0.3, 0.4) is 0 Å². The molecule has 3 saturated heterocycles. The summed E-state index contributed by atoms with van der Waals surface area (Å²) in [5, 5.41) is 11.1. The molecule has 0 aromatic carbocycles. The van der Waals surface area contributed by atoms with E-state index in [1.165, 1.54) is 17.2 Å². The van der Waals surface area contributed by atoms with Crippen LogP contribution in [0.2, 0.25) is 0 Å². The number of hydrogen-bond donors (Lipinski definition) is 6. The fraction of sp³-hybridized carbons (Fsp3) is 0.500. The first-order valence-electron chi connectivity index (χ1n) is 12.9. The molecule has 3 fully saturated rings. The standard InChI is InChI=1S/C20H23FN10O10P2S2/c21-8-12-7(39-18(8)31-5-27-10-16(31)28-20(23)29-17(10)33)2-37-43(35,45)41-13-11(32)6(1-36-42(34,44)40-12)38-19(13)30-4-26-9-14(22)24-3-25-15(9)30/h3-8,11-13,18-19,32H,1-2H2,(H,34,44)(H,35,45)(H2,22,24,25)(H3,23,28,29,33)/t6-,7-,8-,11-,12-,13-,18-,19-,42-,43+/m1/s1. The van der Waals surface area contributed by atoms with Gasteiger partial charge in [-0.25, -0.2) is 33.5 Å². The first kappa shape index (κ1) is 30.9. The Balaban J connectivity index is 1.21. The highest BCUT2D eigenvalue weighted by atomic mass is 32.7. The summed E-state index contributed by atoms with van der Waals surface area (Å²) in [6, 6.07) is 0. The quantitative estimate of drug-likeness (QED) is 0.122. The van der Waals surface area contributed by atoms with Crippen LogP contribution in [-0.4, -0.2) is 94.0 Å². The van der Waals surface area contributed by atoms with Crippen molar-refractivity contribution in [3.05, 3.63) is 29.3 Å². The van der Waals surface area contributed by atoms with Gasteiger partial charge in [0, 0.05) is 0 Å². The second-order valence-electron chi connectivity index (χ2n) is 10.1. The number of rotatable bonds is 2. The monoisotopic (exact) mass is 708 g/mol. The molecule has 25 heteroatoms. The van der Waals surface area contributed by atoms with Gasteiger partial charge in [-0.3, -0.25) is 37.0 Å². The first-order valence-corrected chi connectivity index (χ1v) is 18.3. The highest BCUT2D eigenvalue weighted by Gasteiger charge is 2.54.